The van der Waals surface area contributed by atoms with Crippen LogP contribution in [0.3, 0.4) is 0 Å². The van der Waals surface area contributed by atoms with Crippen molar-refractivity contribution in [2.45, 2.75) is 31.7 Å². The highest BCUT2D eigenvalue weighted by atomic mass is 32.2. The standard InChI is InChI=1S/C12H26N2O3S/c1-12(11-15,13-2)5-3-6-14-7-4-9-18(16,17)10-8-14/h13,15H,3-11H2,1-2H3. The van der Waals surface area contributed by atoms with Crippen LogP contribution in [0.1, 0.15) is 26.2 Å². The third-order valence-electron chi connectivity index (χ3n) is 3.80. The second kappa shape index (κ2) is 6.84. The Kier molecular flexibility index (Phi) is 6.04. The van der Waals surface area contributed by atoms with Crippen molar-refractivity contribution in [2.24, 2.45) is 0 Å². The van der Waals surface area contributed by atoms with Crippen LogP contribution < -0.4 is 5.32 Å². The van der Waals surface area contributed by atoms with Crippen molar-refractivity contribution in [2.75, 3.05) is 44.8 Å². The van der Waals surface area contributed by atoms with E-state index in [1.165, 1.54) is 0 Å². The van der Waals surface area contributed by atoms with Crippen LogP contribution in [-0.4, -0.2) is 68.8 Å². The van der Waals surface area contributed by atoms with E-state index in [1.807, 2.05) is 14.0 Å². The molecule has 0 spiro atoms. The first-order valence-electron chi connectivity index (χ1n) is 6.63. The van der Waals surface area contributed by atoms with Crippen LogP contribution in [0.25, 0.3) is 0 Å². The molecule has 108 valence electrons. The maximum absolute atomic E-state index is 11.5. The zero-order valence-electron chi connectivity index (χ0n) is 11.5. The Balaban J connectivity index is 2.32. The summed E-state index contributed by atoms with van der Waals surface area (Å²) in [6.07, 6.45) is 2.60. The Morgan fingerprint density at radius 3 is 2.67 bits per heavy atom. The summed E-state index contributed by atoms with van der Waals surface area (Å²) in [6, 6.07) is 0. The molecular formula is C12H26N2O3S. The lowest BCUT2D eigenvalue weighted by Crippen LogP contribution is -2.44. The molecule has 6 heteroatoms. The van der Waals surface area contributed by atoms with Gasteiger partial charge >= 0.3 is 0 Å². The Morgan fingerprint density at radius 1 is 1.33 bits per heavy atom. The lowest BCUT2D eigenvalue weighted by atomic mass is 9.97. The van der Waals surface area contributed by atoms with Gasteiger partial charge in [-0.15, -0.1) is 0 Å². The van der Waals surface area contributed by atoms with Crippen molar-refractivity contribution >= 4 is 9.84 Å². The summed E-state index contributed by atoms with van der Waals surface area (Å²) in [7, 11) is -0.953. The normalized spacial score (nSPS) is 24.4. The number of nitrogens with zero attached hydrogens (tertiary/aromatic N) is 1. The molecule has 1 rings (SSSR count). The van der Waals surface area contributed by atoms with E-state index in [-0.39, 0.29) is 17.9 Å². The van der Waals surface area contributed by atoms with Gasteiger partial charge in [0.05, 0.1) is 18.1 Å². The molecule has 0 aliphatic carbocycles. The van der Waals surface area contributed by atoms with E-state index < -0.39 is 9.84 Å². The van der Waals surface area contributed by atoms with Crippen molar-refractivity contribution in [3.05, 3.63) is 0 Å². The van der Waals surface area contributed by atoms with Gasteiger partial charge in [-0.3, -0.25) is 0 Å². The van der Waals surface area contributed by atoms with Gasteiger partial charge in [0.1, 0.15) is 0 Å². The first-order valence-corrected chi connectivity index (χ1v) is 8.45. The molecule has 0 saturated carbocycles. The Bertz CT molecular complexity index is 339. The van der Waals surface area contributed by atoms with Crippen molar-refractivity contribution < 1.29 is 13.5 Å². The van der Waals surface area contributed by atoms with Crippen molar-refractivity contribution in [3.8, 4) is 0 Å². The van der Waals surface area contributed by atoms with Gasteiger partial charge < -0.3 is 15.3 Å². The average molecular weight is 278 g/mol. The van der Waals surface area contributed by atoms with E-state index in [4.69, 9.17) is 0 Å². The largest absolute Gasteiger partial charge is 0.394 e. The molecule has 0 aromatic heterocycles. The highest BCUT2D eigenvalue weighted by molar-refractivity contribution is 7.91. The summed E-state index contributed by atoms with van der Waals surface area (Å²) in [4.78, 5) is 2.22. The number of likely N-dealkylation sites (N-methyl/N-ethyl adjacent to an activating group) is 1. The van der Waals surface area contributed by atoms with E-state index in [0.29, 0.717) is 12.3 Å². The minimum absolute atomic E-state index is 0.123. The van der Waals surface area contributed by atoms with Gasteiger partial charge in [0.15, 0.2) is 9.84 Å². The highest BCUT2D eigenvalue weighted by Gasteiger charge is 2.22. The maximum Gasteiger partial charge on any atom is 0.151 e. The van der Waals surface area contributed by atoms with Gasteiger partial charge in [-0.05, 0) is 46.3 Å². The summed E-state index contributed by atoms with van der Waals surface area (Å²) in [5, 5.41) is 12.4. The molecule has 0 amide bonds. The smallest absolute Gasteiger partial charge is 0.151 e. The zero-order valence-corrected chi connectivity index (χ0v) is 12.3. The van der Waals surface area contributed by atoms with Crippen molar-refractivity contribution in [1.82, 2.24) is 10.2 Å². The molecule has 1 saturated heterocycles. The Hall–Kier alpha value is -0.170. The second-order valence-corrected chi connectivity index (χ2v) is 7.72. The minimum Gasteiger partial charge on any atom is -0.394 e. The van der Waals surface area contributed by atoms with Crippen LogP contribution in [-0.2, 0) is 9.84 Å². The zero-order chi connectivity index (χ0) is 13.6. The predicted molar refractivity (Wildman–Crippen MR) is 73.5 cm³/mol. The lowest BCUT2D eigenvalue weighted by Gasteiger charge is -2.28. The molecule has 5 nitrogen and oxygen atoms in total. The molecule has 2 N–H and O–H groups in total. The van der Waals surface area contributed by atoms with E-state index in [9.17, 15) is 13.5 Å². The number of hydrogen-bond acceptors (Lipinski definition) is 5. The number of aliphatic hydroxyl groups is 1. The number of aliphatic hydroxyl groups excluding tert-OH is 1. The van der Waals surface area contributed by atoms with Crippen LogP contribution in [0.4, 0.5) is 0 Å². The fourth-order valence-electron chi connectivity index (χ4n) is 2.19. The van der Waals surface area contributed by atoms with Crippen LogP contribution in [0.15, 0.2) is 0 Å². The monoisotopic (exact) mass is 278 g/mol. The first-order chi connectivity index (χ1) is 8.41. The van der Waals surface area contributed by atoms with Gasteiger partial charge in [-0.25, -0.2) is 8.42 Å². The molecule has 18 heavy (non-hydrogen) atoms. The molecule has 0 aromatic carbocycles. The van der Waals surface area contributed by atoms with Crippen molar-refractivity contribution in [3.63, 3.8) is 0 Å². The fraction of sp³-hybridized carbons (Fsp3) is 1.00. The molecule has 1 heterocycles. The summed E-state index contributed by atoms with van der Waals surface area (Å²) >= 11 is 0. The minimum atomic E-state index is -2.81. The first kappa shape index (κ1) is 15.9. The third kappa shape index (κ3) is 5.22. The lowest BCUT2D eigenvalue weighted by molar-refractivity contribution is 0.164. The Labute approximate surface area is 110 Å². The summed E-state index contributed by atoms with van der Waals surface area (Å²) in [5.41, 5.74) is -0.224. The summed E-state index contributed by atoms with van der Waals surface area (Å²) in [6.45, 7) is 4.55. The molecule has 1 fully saturated rings. The fourth-order valence-corrected chi connectivity index (χ4v) is 3.50. The molecule has 1 atom stereocenters. The topological polar surface area (TPSA) is 69.6 Å². The number of sulfone groups is 1. The molecule has 1 aliphatic rings. The number of nitrogens with one attached hydrogen (secondary N) is 1. The third-order valence-corrected chi connectivity index (χ3v) is 5.52. The Morgan fingerprint density at radius 2 is 2.06 bits per heavy atom. The predicted octanol–water partition coefficient (Wildman–Crippen LogP) is -0.142. The SMILES string of the molecule is CNC(C)(CO)CCCN1CCCS(=O)(=O)CC1. The molecule has 1 unspecified atom stereocenters. The van der Waals surface area contributed by atoms with Crippen LogP contribution >= 0.6 is 0 Å². The van der Waals surface area contributed by atoms with Gasteiger partial charge in [0.25, 0.3) is 0 Å². The molecule has 0 bridgehead atoms. The number of hydrogen-bond donors (Lipinski definition) is 2. The van der Waals surface area contributed by atoms with E-state index >= 15 is 0 Å². The summed E-state index contributed by atoms with van der Waals surface area (Å²) < 4.78 is 22.9. The molecule has 0 radical (unpaired) electrons. The van der Waals surface area contributed by atoms with Crippen molar-refractivity contribution in [1.29, 1.82) is 0 Å². The second-order valence-electron chi connectivity index (χ2n) is 5.42. The van der Waals surface area contributed by atoms with Gasteiger partial charge in [0, 0.05) is 12.1 Å². The van der Waals surface area contributed by atoms with E-state index in [0.717, 1.165) is 32.4 Å². The maximum atomic E-state index is 11.5. The average Bonchev–Trinajstić information content (AvgIpc) is 2.51. The quantitative estimate of drug-likeness (QED) is 0.707. The van der Waals surface area contributed by atoms with Crippen LogP contribution in [0.5, 0.6) is 0 Å². The van der Waals surface area contributed by atoms with Crippen LogP contribution in [0.2, 0.25) is 0 Å². The molecule has 1 aliphatic heterocycles. The molecular weight excluding hydrogens is 252 g/mol. The van der Waals surface area contributed by atoms with E-state index in [1.54, 1.807) is 0 Å². The number of rotatable bonds is 6. The summed E-state index contributed by atoms with van der Waals surface area (Å²) in [5.74, 6) is 0.616. The van der Waals surface area contributed by atoms with Gasteiger partial charge in [-0.1, -0.05) is 0 Å². The van der Waals surface area contributed by atoms with Gasteiger partial charge in [0.2, 0.25) is 0 Å². The highest BCUT2D eigenvalue weighted by Crippen LogP contribution is 2.12. The van der Waals surface area contributed by atoms with Crippen LogP contribution in [0, 0.1) is 0 Å². The van der Waals surface area contributed by atoms with Gasteiger partial charge in [-0.2, -0.15) is 0 Å². The van der Waals surface area contributed by atoms with E-state index in [2.05, 4.69) is 10.2 Å². The molecule has 0 aromatic rings.